The lowest BCUT2D eigenvalue weighted by Gasteiger charge is -2.14. The van der Waals surface area contributed by atoms with Crippen LogP contribution in [0.3, 0.4) is 0 Å². The number of aliphatic hydroxyl groups excluding tert-OH is 4. The molecule has 4 atom stereocenters. The lowest BCUT2D eigenvalue weighted by atomic mass is 10.1. The molecule has 0 heterocycles. The Morgan fingerprint density at radius 2 is 0.583 bits per heavy atom. The molecule has 84 heavy (non-hydrogen) atoms. The molecule has 0 amide bonds. The summed E-state index contributed by atoms with van der Waals surface area (Å²) in [4.78, 5) is 36.4. The van der Waals surface area contributed by atoms with E-state index in [2.05, 4.69) is 0 Å². The van der Waals surface area contributed by atoms with Crippen LogP contribution >= 0.6 is 0 Å². The first-order chi connectivity index (χ1) is 40.1. The average molecular weight is 1170 g/mol. The van der Waals surface area contributed by atoms with Crippen LogP contribution < -0.4 is 28.4 Å². The number of ether oxygens (including phenoxy) is 10. The Balaban J connectivity index is 0.000000277. The van der Waals surface area contributed by atoms with Gasteiger partial charge in [0.05, 0.1) is 23.3 Å². The Bertz CT molecular complexity index is 3060. The molecule has 7 aromatic carbocycles. The molecule has 0 saturated heterocycles. The Morgan fingerprint density at radius 1 is 0.345 bits per heavy atom. The van der Waals surface area contributed by atoms with Crippen LogP contribution in [0.2, 0.25) is 0 Å². The predicted octanol–water partition coefficient (Wildman–Crippen LogP) is 6.69. The van der Waals surface area contributed by atoms with Crippen molar-refractivity contribution in [2.45, 2.75) is 38.3 Å². The molecule has 7 aromatic rings. The monoisotopic (exact) mass is 1170 g/mol. The Labute approximate surface area is 480 Å². The quantitative estimate of drug-likeness (QED) is 0.0145. The average Bonchev–Trinajstić information content (AvgIpc) is 3.60. The smallest absolute Gasteiger partial charge is 0.338 e. The van der Waals surface area contributed by atoms with Crippen molar-refractivity contribution >= 4 is 17.9 Å². The lowest BCUT2D eigenvalue weighted by molar-refractivity contribution is 0.0127. The molecule has 0 fully saturated rings. The highest BCUT2D eigenvalue weighted by Crippen LogP contribution is 2.37. The number of carbonyl (C=O) groups is 3. The summed E-state index contributed by atoms with van der Waals surface area (Å²) in [5.74, 6) is -2.75. The maximum Gasteiger partial charge on any atom is 0.338 e. The minimum absolute atomic E-state index is 0.00779. The highest BCUT2D eigenvalue weighted by atomic mass is 16.6. The van der Waals surface area contributed by atoms with Crippen LogP contribution in [0.15, 0.2) is 133 Å². The van der Waals surface area contributed by atoms with Crippen molar-refractivity contribution in [3.8, 4) is 86.2 Å². The summed E-state index contributed by atoms with van der Waals surface area (Å²) in [7, 11) is 1.50. The van der Waals surface area contributed by atoms with Crippen molar-refractivity contribution < 1.29 is 118 Å². The van der Waals surface area contributed by atoms with Gasteiger partial charge in [-0.2, -0.15) is 0 Å². The summed E-state index contributed by atoms with van der Waals surface area (Å²) in [6.45, 7) is 2.20. The highest BCUT2D eigenvalue weighted by molar-refractivity contribution is 5.92. The number of aromatic hydroxyl groups is 7. The third kappa shape index (κ3) is 19.7. The number of benzene rings is 7. The van der Waals surface area contributed by atoms with E-state index >= 15 is 0 Å². The molecule has 7 rings (SSSR count). The van der Waals surface area contributed by atoms with E-state index in [1.807, 2.05) is 0 Å². The Morgan fingerprint density at radius 3 is 0.845 bits per heavy atom. The van der Waals surface area contributed by atoms with Gasteiger partial charge in [0, 0.05) is 7.11 Å². The molecule has 24 nitrogen and oxygen atoms in total. The SMILES string of the molecule is COCC(O)COc1ccc(Oc2ccc(OCC(O)COC(=O)c3cc(O)c(O)c(O)c3)cc2)cc1.Cc1cc(C(=O)OCC(O)COc2ccc(Oc3ccc(OCC(O)COC(=O)c4cc(O)c(O)c(O)c4)cc3)cc2)cc(O)c1C. The van der Waals surface area contributed by atoms with Crippen molar-refractivity contribution in [1.29, 1.82) is 0 Å². The van der Waals surface area contributed by atoms with Gasteiger partial charge in [0.2, 0.25) is 0 Å². The zero-order valence-corrected chi connectivity index (χ0v) is 45.4. The van der Waals surface area contributed by atoms with E-state index in [0.717, 1.165) is 29.8 Å². The normalized spacial score (nSPS) is 12.2. The largest absolute Gasteiger partial charge is 0.508 e. The number of methoxy groups -OCH3 is 1. The molecule has 0 aliphatic rings. The molecule has 11 N–H and O–H groups in total. The van der Waals surface area contributed by atoms with E-state index in [-0.39, 0.29) is 62.1 Å². The van der Waals surface area contributed by atoms with Gasteiger partial charge in [-0.15, -0.1) is 0 Å². The van der Waals surface area contributed by atoms with E-state index < -0.39 is 90.0 Å². The van der Waals surface area contributed by atoms with E-state index in [9.17, 15) is 70.6 Å². The van der Waals surface area contributed by atoms with Crippen molar-refractivity contribution in [1.82, 2.24) is 0 Å². The van der Waals surface area contributed by atoms with Crippen molar-refractivity contribution in [3.63, 3.8) is 0 Å². The molecule has 446 valence electrons. The number of aliphatic hydroxyl groups is 4. The van der Waals surface area contributed by atoms with Crippen molar-refractivity contribution in [2.75, 3.05) is 60.0 Å². The first-order valence-corrected chi connectivity index (χ1v) is 25.4. The Hall–Kier alpha value is -9.85. The third-order valence-electron chi connectivity index (χ3n) is 11.6. The van der Waals surface area contributed by atoms with Crippen LogP contribution in [0.4, 0.5) is 0 Å². The molecule has 0 bridgehead atoms. The zero-order valence-electron chi connectivity index (χ0n) is 45.4. The number of hydrogen-bond donors (Lipinski definition) is 11. The maximum absolute atomic E-state index is 12.3. The summed E-state index contributed by atoms with van der Waals surface area (Å²) < 4.78 is 53.5. The number of esters is 3. The van der Waals surface area contributed by atoms with Gasteiger partial charge >= 0.3 is 17.9 Å². The lowest BCUT2D eigenvalue weighted by Crippen LogP contribution is -2.25. The van der Waals surface area contributed by atoms with E-state index in [1.54, 1.807) is 117 Å². The Kier molecular flexibility index (Phi) is 23.2. The first kappa shape index (κ1) is 63.3. The van der Waals surface area contributed by atoms with E-state index in [4.69, 9.17) is 47.4 Å². The minimum Gasteiger partial charge on any atom is -0.508 e. The van der Waals surface area contributed by atoms with Crippen LogP contribution in [0, 0.1) is 13.8 Å². The molecule has 0 saturated carbocycles. The molecule has 4 unspecified atom stereocenters. The molecule has 24 heteroatoms. The summed E-state index contributed by atoms with van der Waals surface area (Å²) in [6.07, 6.45) is -4.11. The highest BCUT2D eigenvalue weighted by Gasteiger charge is 2.20. The molecule has 0 radical (unpaired) electrons. The summed E-state index contributed by atoms with van der Waals surface area (Å²) in [5, 5.41) is 106. The number of aryl methyl sites for hydroxylation is 1. The molecule has 0 aliphatic carbocycles. The van der Waals surface area contributed by atoms with Gasteiger partial charge < -0.3 is 104 Å². The number of carbonyl (C=O) groups excluding carboxylic acids is 3. The van der Waals surface area contributed by atoms with Gasteiger partial charge in [-0.1, -0.05) is 0 Å². The molecular formula is C60H62O24. The predicted molar refractivity (Wildman–Crippen MR) is 295 cm³/mol. The van der Waals surface area contributed by atoms with Crippen molar-refractivity contribution in [2.24, 2.45) is 0 Å². The van der Waals surface area contributed by atoms with Gasteiger partial charge in [0.1, 0.15) is 122 Å². The second-order valence-corrected chi connectivity index (χ2v) is 18.4. The van der Waals surface area contributed by atoms with Crippen LogP contribution in [0.5, 0.6) is 86.2 Å². The molecule has 0 aromatic heterocycles. The zero-order chi connectivity index (χ0) is 60.9. The standard InChI is InChI=1S/C34H34O13.C26H28O11/c1-19-11-21(12-29(37)20(19)2)33(41)45-17-23(35)15-43-25-3-7-27(8-4-25)47-28-9-5-26(6-10-28)44-16-24(36)18-46-34(42)22-13-30(38)32(40)31(39)14-22;1-33-12-17(27)13-34-19-2-6-21(7-3-19)37-22-8-4-20(5-9-22)35-14-18(28)15-36-26(32)16-10-23(29)25(31)24(30)11-16/h3-14,23-24,35-40H,15-18H2,1-2H3;2-11,17-18,27-31H,12-15H2,1H3. The van der Waals surface area contributed by atoms with Crippen LogP contribution in [-0.4, -0.2) is 158 Å². The number of phenols is 7. The number of rotatable bonds is 27. The summed E-state index contributed by atoms with van der Waals surface area (Å²) in [5.41, 5.74) is 1.19. The summed E-state index contributed by atoms with van der Waals surface area (Å²) in [6, 6.07) is 33.3. The fourth-order valence-corrected chi connectivity index (χ4v) is 7.01. The van der Waals surface area contributed by atoms with Crippen molar-refractivity contribution in [3.05, 3.63) is 161 Å². The first-order valence-electron chi connectivity index (χ1n) is 25.4. The van der Waals surface area contributed by atoms with E-state index in [0.29, 0.717) is 51.6 Å². The van der Waals surface area contributed by atoms with Crippen LogP contribution in [0.1, 0.15) is 42.2 Å². The van der Waals surface area contributed by atoms with Crippen LogP contribution in [0.25, 0.3) is 0 Å². The third-order valence-corrected chi connectivity index (χ3v) is 11.6. The molecular weight excluding hydrogens is 1100 g/mol. The van der Waals surface area contributed by atoms with Gasteiger partial charge in [0.25, 0.3) is 0 Å². The maximum atomic E-state index is 12.3. The molecule has 0 spiro atoms. The number of phenolic OH excluding ortho intramolecular Hbond substituents is 7. The number of hydrogen-bond acceptors (Lipinski definition) is 24. The van der Waals surface area contributed by atoms with Crippen LogP contribution in [-0.2, 0) is 18.9 Å². The van der Waals surface area contributed by atoms with Gasteiger partial charge in [-0.25, -0.2) is 14.4 Å². The molecule has 0 aliphatic heterocycles. The van der Waals surface area contributed by atoms with E-state index in [1.165, 1.54) is 13.2 Å². The van der Waals surface area contributed by atoms with Gasteiger partial charge in [0.15, 0.2) is 34.5 Å². The fraction of sp³-hybridized carbons (Fsp3) is 0.250. The summed E-state index contributed by atoms with van der Waals surface area (Å²) >= 11 is 0. The second-order valence-electron chi connectivity index (χ2n) is 18.4. The second kappa shape index (κ2) is 30.8. The van der Waals surface area contributed by atoms with Gasteiger partial charge in [-0.05, 0) is 158 Å². The topological polar surface area (TPSA) is 366 Å². The van der Waals surface area contributed by atoms with Gasteiger partial charge in [-0.3, -0.25) is 0 Å². The minimum atomic E-state index is -1.18. The fourth-order valence-electron chi connectivity index (χ4n) is 7.01.